The van der Waals surface area contributed by atoms with Gasteiger partial charge in [0.25, 0.3) is 0 Å². The maximum absolute atomic E-state index is 8.00. The molecule has 0 rings (SSSR count). The van der Waals surface area contributed by atoms with Crippen LogP contribution in [0.15, 0.2) is 10.7 Å². The molecule has 0 saturated heterocycles. The van der Waals surface area contributed by atoms with Gasteiger partial charge in [-0.1, -0.05) is 22.3 Å². The quantitative estimate of drug-likeness (QED) is 0.238. The molecule has 0 radical (unpaired) electrons. The Hall–Kier alpha value is 1.15. The fourth-order valence-electron chi connectivity index (χ4n) is 0. The maximum atomic E-state index is 8.00. The molecule has 0 unspecified atom stereocenters. The summed E-state index contributed by atoms with van der Waals surface area (Å²) in [6.45, 7) is 0. The van der Waals surface area contributed by atoms with Crippen molar-refractivity contribution < 1.29 is 59.1 Å². The minimum Gasteiger partial charge on any atom is -2.00 e. The third-order valence-electron chi connectivity index (χ3n) is 0. The van der Waals surface area contributed by atoms with Crippen LogP contribution in [0, 0.1) is 20.2 Å². The van der Waals surface area contributed by atoms with Crippen molar-refractivity contribution in [3.63, 3.8) is 0 Å². The van der Waals surface area contributed by atoms with Crippen molar-refractivity contribution >= 4 is 13.5 Å². The van der Waals surface area contributed by atoms with Gasteiger partial charge in [-0.15, -0.1) is 10.7 Å². The van der Waals surface area contributed by atoms with Crippen LogP contribution >= 0.6 is 0 Å². The summed E-state index contributed by atoms with van der Waals surface area (Å²) >= 11 is 0. The Bertz CT molecular complexity index is 47.3. The molecule has 0 bridgehead atoms. The van der Waals surface area contributed by atoms with Crippen LogP contribution in [0.1, 0.15) is 22.3 Å². The van der Waals surface area contributed by atoms with Gasteiger partial charge >= 0.3 is 59.1 Å². The minimum absolute atomic E-state index is 0. The van der Waals surface area contributed by atoms with E-state index in [4.69, 9.17) is 20.2 Å². The van der Waals surface area contributed by atoms with Gasteiger partial charge in [0.05, 0.1) is 0 Å². The first-order valence-electron chi connectivity index (χ1n) is 0.730. The molecule has 0 spiro atoms. The standard InChI is InChI=1S/3CH4.2HNO2.2Na.S/c;;;2*2-1-3;;;/h3*1H4;2*(H,2,3);;;/q;;;;;2*+1;-2/p-2. The summed E-state index contributed by atoms with van der Waals surface area (Å²) in [5.74, 6) is 0. The Labute approximate surface area is 124 Å². The van der Waals surface area contributed by atoms with Crippen LogP contribution in [0.25, 0.3) is 0 Å². The number of rotatable bonds is 0. The molecule has 12 heavy (non-hydrogen) atoms. The summed E-state index contributed by atoms with van der Waals surface area (Å²) in [7, 11) is 0. The maximum Gasteiger partial charge on any atom is 1.00 e. The summed E-state index contributed by atoms with van der Waals surface area (Å²) < 4.78 is 0. The fraction of sp³-hybridized carbons (Fsp3) is 1.00. The fourth-order valence-corrected chi connectivity index (χ4v) is 0. The van der Waals surface area contributed by atoms with E-state index in [-0.39, 0.29) is 94.9 Å². The van der Waals surface area contributed by atoms with E-state index in [1.807, 2.05) is 0 Å². The third-order valence-corrected chi connectivity index (χ3v) is 0. The molecule has 0 heterocycles. The minimum atomic E-state index is 0. The molecule has 0 saturated carbocycles. The number of hydrogen-bond donors (Lipinski definition) is 0. The van der Waals surface area contributed by atoms with Crippen molar-refractivity contribution in [3.05, 3.63) is 20.2 Å². The van der Waals surface area contributed by atoms with E-state index in [9.17, 15) is 0 Å². The largest absolute Gasteiger partial charge is 2.00 e. The zero-order valence-corrected chi connectivity index (χ0v) is 9.75. The molecule has 0 aliphatic carbocycles. The van der Waals surface area contributed by atoms with E-state index >= 15 is 0 Å². The van der Waals surface area contributed by atoms with Crippen molar-refractivity contribution in [2.75, 3.05) is 0 Å². The third kappa shape index (κ3) is 869. The molecular formula is C3H12N2Na2O4S-2. The molecule has 0 aliphatic heterocycles. The first-order valence-corrected chi connectivity index (χ1v) is 0.730. The summed E-state index contributed by atoms with van der Waals surface area (Å²) in [4.78, 5) is 16.0. The van der Waals surface area contributed by atoms with Crippen LogP contribution in [-0.4, -0.2) is 0 Å². The Kier molecular flexibility index (Phi) is 929. The Morgan fingerprint density at radius 3 is 0.750 bits per heavy atom. The van der Waals surface area contributed by atoms with Crippen molar-refractivity contribution in [2.45, 2.75) is 22.3 Å². The molecule has 0 N–H and O–H groups in total. The van der Waals surface area contributed by atoms with E-state index in [0.717, 1.165) is 10.7 Å². The van der Waals surface area contributed by atoms with Gasteiger partial charge in [0, 0.05) is 0 Å². The van der Waals surface area contributed by atoms with Gasteiger partial charge in [0.15, 0.2) is 0 Å². The molecule has 0 fully saturated rings. The Morgan fingerprint density at radius 1 is 0.750 bits per heavy atom. The first kappa shape index (κ1) is 73.2. The van der Waals surface area contributed by atoms with Gasteiger partial charge in [0.1, 0.15) is 0 Å². The smallest absolute Gasteiger partial charge is 1.00 e. The SMILES string of the molecule is C.C.C.O=N[O-].O=N[O-].[Na+].[Na+].[S-2]. The van der Waals surface area contributed by atoms with Crippen LogP contribution in [0.4, 0.5) is 0 Å². The second kappa shape index (κ2) is 152. The van der Waals surface area contributed by atoms with E-state index in [1.54, 1.807) is 0 Å². The van der Waals surface area contributed by atoms with Gasteiger partial charge < -0.3 is 33.7 Å². The molecule has 0 aliphatic rings. The molecule has 0 amide bonds. The zero-order valence-electron chi connectivity index (χ0n) is 4.94. The van der Waals surface area contributed by atoms with Crippen molar-refractivity contribution in [1.82, 2.24) is 0 Å². The van der Waals surface area contributed by atoms with Crippen molar-refractivity contribution in [3.8, 4) is 0 Å². The molecule has 0 aromatic heterocycles. The topological polar surface area (TPSA) is 105 Å². The van der Waals surface area contributed by atoms with Crippen molar-refractivity contribution in [2.24, 2.45) is 10.7 Å². The van der Waals surface area contributed by atoms with Gasteiger partial charge in [-0.3, -0.25) is 0 Å². The van der Waals surface area contributed by atoms with Crippen LogP contribution in [-0.2, 0) is 13.5 Å². The normalized spacial score (nSPS) is 2.00. The first-order chi connectivity index (χ1) is 2.83. The van der Waals surface area contributed by atoms with E-state index in [1.165, 1.54) is 0 Å². The zero-order chi connectivity index (χ0) is 5.41. The molecular weight excluding hydrogens is 206 g/mol. The summed E-state index contributed by atoms with van der Waals surface area (Å²) in [6, 6.07) is 0. The van der Waals surface area contributed by atoms with Crippen LogP contribution < -0.4 is 59.1 Å². The predicted molar refractivity (Wildman–Crippen MR) is 45.9 cm³/mol. The summed E-state index contributed by atoms with van der Waals surface area (Å²) in [5, 5.41) is 18.0. The molecule has 6 nitrogen and oxygen atoms in total. The van der Waals surface area contributed by atoms with E-state index in [0.29, 0.717) is 0 Å². The average Bonchev–Trinajstić information content (AvgIpc) is 1.39. The van der Waals surface area contributed by atoms with Gasteiger partial charge in [-0.2, -0.15) is 0 Å². The number of hydrogen-bond acceptors (Lipinski definition) is 6. The second-order valence-corrected chi connectivity index (χ2v) is 0.149. The summed E-state index contributed by atoms with van der Waals surface area (Å²) in [5.41, 5.74) is 0. The molecule has 9 heteroatoms. The average molecular weight is 218 g/mol. The van der Waals surface area contributed by atoms with Gasteiger partial charge in [0.2, 0.25) is 0 Å². The van der Waals surface area contributed by atoms with Crippen LogP contribution in [0.2, 0.25) is 0 Å². The predicted octanol–water partition coefficient (Wildman–Crippen LogP) is -3.58. The molecule has 0 atom stereocenters. The molecule has 0 aromatic rings. The van der Waals surface area contributed by atoms with E-state index in [2.05, 4.69) is 0 Å². The Balaban J connectivity index is -0.00000000296. The monoisotopic (exact) mass is 218 g/mol. The second-order valence-electron chi connectivity index (χ2n) is 0.149. The number of nitrogens with zero attached hydrogens (tertiary/aromatic N) is 2. The Morgan fingerprint density at radius 2 is 0.750 bits per heavy atom. The van der Waals surface area contributed by atoms with Gasteiger partial charge in [-0.05, 0) is 0 Å². The van der Waals surface area contributed by atoms with Gasteiger partial charge in [-0.25, -0.2) is 0 Å². The summed E-state index contributed by atoms with van der Waals surface area (Å²) in [6.07, 6.45) is 0. The van der Waals surface area contributed by atoms with Crippen LogP contribution in [0.5, 0.6) is 0 Å². The molecule has 0 aromatic carbocycles. The van der Waals surface area contributed by atoms with Crippen LogP contribution in [0.3, 0.4) is 0 Å². The molecule has 68 valence electrons. The van der Waals surface area contributed by atoms with Crippen molar-refractivity contribution in [1.29, 1.82) is 0 Å². The van der Waals surface area contributed by atoms with E-state index < -0.39 is 0 Å².